The molecule has 0 spiro atoms. The van der Waals surface area contributed by atoms with E-state index >= 15 is 0 Å². The summed E-state index contributed by atoms with van der Waals surface area (Å²) < 4.78 is 29.9. The summed E-state index contributed by atoms with van der Waals surface area (Å²) in [6, 6.07) is 9.79. The first-order valence-electron chi connectivity index (χ1n) is 7.82. The second-order valence-corrected chi connectivity index (χ2v) is 6.55. The van der Waals surface area contributed by atoms with Crippen LogP contribution in [0.4, 0.5) is 8.78 Å². The van der Waals surface area contributed by atoms with Crippen LogP contribution >= 0.6 is 11.6 Å². The number of benzene rings is 2. The monoisotopic (exact) mass is 362 g/mol. The molecule has 2 aromatic carbocycles. The minimum absolute atomic E-state index is 0.329. The van der Waals surface area contributed by atoms with Crippen molar-refractivity contribution < 1.29 is 13.6 Å². The third-order valence-electron chi connectivity index (χ3n) is 4.40. The molecule has 0 amide bonds. The van der Waals surface area contributed by atoms with Gasteiger partial charge < -0.3 is 0 Å². The van der Waals surface area contributed by atoms with Crippen LogP contribution in [0.25, 0.3) is 10.9 Å². The summed E-state index contributed by atoms with van der Waals surface area (Å²) in [5.41, 5.74) is 2.84. The molecule has 1 heterocycles. The molecule has 0 bridgehead atoms. The summed E-state index contributed by atoms with van der Waals surface area (Å²) in [5.74, 6) is -4.70. The summed E-state index contributed by atoms with van der Waals surface area (Å²) in [7, 11) is 0. The third kappa shape index (κ3) is 3.04. The van der Waals surface area contributed by atoms with Gasteiger partial charge in [0.25, 0.3) is 0 Å². The van der Waals surface area contributed by atoms with Crippen LogP contribution in [-0.4, -0.2) is 15.6 Å². The lowest BCUT2D eigenvalue weighted by Crippen LogP contribution is -2.23. The zero-order chi connectivity index (χ0) is 18.4. The molecule has 0 saturated carbocycles. The summed E-state index contributed by atoms with van der Waals surface area (Å²) in [6.45, 7) is 5.01. The molecule has 0 unspecified atom stereocenters. The van der Waals surface area contributed by atoms with Crippen LogP contribution < -0.4 is 0 Å². The van der Waals surface area contributed by atoms with Crippen molar-refractivity contribution in [2.24, 2.45) is 0 Å². The average Bonchev–Trinajstić information content (AvgIpc) is 2.86. The molecule has 0 aliphatic heterocycles. The Hall–Kier alpha value is -2.27. The van der Waals surface area contributed by atoms with Gasteiger partial charge in [-0.25, -0.2) is 0 Å². The van der Waals surface area contributed by atoms with E-state index in [2.05, 4.69) is 5.10 Å². The summed E-state index contributed by atoms with van der Waals surface area (Å²) in [6.07, 6.45) is 0. The highest BCUT2D eigenvalue weighted by Gasteiger charge is 2.37. The maximum Gasteiger partial charge on any atom is 0.330 e. The highest BCUT2D eigenvalue weighted by Crippen LogP contribution is 2.32. The zero-order valence-corrected chi connectivity index (χ0v) is 14.9. The SMILES string of the molecule is CC(=O)C(F)(F)c1ccc2c(C)nn(Cc3c(C)cccc3Cl)c2c1. The number of hydrogen-bond donors (Lipinski definition) is 0. The van der Waals surface area contributed by atoms with Gasteiger partial charge in [0, 0.05) is 22.9 Å². The Morgan fingerprint density at radius 2 is 1.96 bits per heavy atom. The van der Waals surface area contributed by atoms with Crippen LogP contribution in [0.5, 0.6) is 0 Å². The Balaban J connectivity index is 2.14. The van der Waals surface area contributed by atoms with Gasteiger partial charge in [0.1, 0.15) is 0 Å². The van der Waals surface area contributed by atoms with E-state index in [1.165, 1.54) is 12.1 Å². The second kappa shape index (κ2) is 6.23. The van der Waals surface area contributed by atoms with Gasteiger partial charge >= 0.3 is 5.92 Å². The van der Waals surface area contributed by atoms with E-state index in [-0.39, 0.29) is 5.56 Å². The van der Waals surface area contributed by atoms with E-state index in [4.69, 9.17) is 11.6 Å². The molecule has 3 aromatic rings. The largest absolute Gasteiger partial charge is 0.330 e. The predicted octanol–water partition coefficient (Wildman–Crippen LogP) is 5.04. The van der Waals surface area contributed by atoms with Crippen LogP contribution in [0.3, 0.4) is 0 Å². The van der Waals surface area contributed by atoms with E-state index in [0.29, 0.717) is 17.1 Å². The first-order valence-corrected chi connectivity index (χ1v) is 8.20. The number of Topliss-reactive ketones (excluding diaryl/α,β-unsaturated/α-hetero) is 1. The number of aromatic nitrogens is 2. The lowest BCUT2D eigenvalue weighted by molar-refractivity contribution is -0.141. The fraction of sp³-hybridized carbons (Fsp3) is 0.263. The van der Waals surface area contributed by atoms with E-state index in [1.807, 2.05) is 26.0 Å². The van der Waals surface area contributed by atoms with Crippen LogP contribution in [0.2, 0.25) is 5.02 Å². The van der Waals surface area contributed by atoms with Crippen molar-refractivity contribution >= 4 is 28.3 Å². The topological polar surface area (TPSA) is 34.9 Å². The van der Waals surface area contributed by atoms with Gasteiger partial charge in [-0.2, -0.15) is 13.9 Å². The molecule has 1 aromatic heterocycles. The number of aryl methyl sites for hydroxylation is 2. The highest BCUT2D eigenvalue weighted by molar-refractivity contribution is 6.31. The second-order valence-electron chi connectivity index (χ2n) is 6.14. The molecule has 3 nitrogen and oxygen atoms in total. The number of nitrogens with zero attached hydrogens (tertiary/aromatic N) is 2. The molecule has 0 fully saturated rings. The van der Waals surface area contributed by atoms with Crippen molar-refractivity contribution in [2.75, 3.05) is 0 Å². The van der Waals surface area contributed by atoms with E-state index < -0.39 is 11.7 Å². The lowest BCUT2D eigenvalue weighted by Gasteiger charge is -2.14. The predicted molar refractivity (Wildman–Crippen MR) is 94.3 cm³/mol. The quantitative estimate of drug-likeness (QED) is 0.652. The summed E-state index contributed by atoms with van der Waals surface area (Å²) in [4.78, 5) is 11.3. The average molecular weight is 363 g/mol. The van der Waals surface area contributed by atoms with Crippen LogP contribution in [-0.2, 0) is 17.3 Å². The van der Waals surface area contributed by atoms with Crippen molar-refractivity contribution in [1.29, 1.82) is 0 Å². The Labute approximate surface area is 149 Å². The number of carbonyl (C=O) groups is 1. The van der Waals surface area contributed by atoms with Crippen LogP contribution in [0.15, 0.2) is 36.4 Å². The van der Waals surface area contributed by atoms with Gasteiger partial charge in [0.2, 0.25) is 5.78 Å². The molecular formula is C19H17ClF2N2O. The van der Waals surface area contributed by atoms with Crippen molar-refractivity contribution in [3.05, 3.63) is 63.8 Å². The molecule has 3 rings (SSSR count). The number of fused-ring (bicyclic) bond motifs is 1. The summed E-state index contributed by atoms with van der Waals surface area (Å²) >= 11 is 6.28. The van der Waals surface area contributed by atoms with Gasteiger partial charge in [-0.3, -0.25) is 9.48 Å². The number of carbonyl (C=O) groups excluding carboxylic acids is 1. The minimum atomic E-state index is -3.52. The molecular weight excluding hydrogens is 346 g/mol. The maximum atomic E-state index is 14.1. The molecule has 0 saturated heterocycles. The van der Waals surface area contributed by atoms with Gasteiger partial charge in [-0.15, -0.1) is 0 Å². The first-order chi connectivity index (χ1) is 11.7. The molecule has 130 valence electrons. The zero-order valence-electron chi connectivity index (χ0n) is 14.1. The molecule has 0 aliphatic carbocycles. The molecule has 0 aliphatic rings. The van der Waals surface area contributed by atoms with E-state index in [9.17, 15) is 13.6 Å². The van der Waals surface area contributed by atoms with Gasteiger partial charge in [0.15, 0.2) is 0 Å². The first kappa shape index (κ1) is 17.5. The molecule has 0 radical (unpaired) electrons. The Kier molecular flexibility index (Phi) is 4.37. The maximum absolute atomic E-state index is 14.1. The Morgan fingerprint density at radius 1 is 1.24 bits per heavy atom. The molecule has 0 atom stereocenters. The highest BCUT2D eigenvalue weighted by atomic mass is 35.5. The van der Waals surface area contributed by atoms with Crippen molar-refractivity contribution in [3.8, 4) is 0 Å². The third-order valence-corrected chi connectivity index (χ3v) is 4.76. The van der Waals surface area contributed by atoms with Gasteiger partial charge in [-0.05, 0) is 37.1 Å². The van der Waals surface area contributed by atoms with Crippen molar-refractivity contribution in [1.82, 2.24) is 9.78 Å². The van der Waals surface area contributed by atoms with Gasteiger partial charge in [0.05, 0.1) is 17.8 Å². The van der Waals surface area contributed by atoms with Crippen LogP contribution in [0, 0.1) is 13.8 Å². The van der Waals surface area contributed by atoms with Crippen molar-refractivity contribution in [3.63, 3.8) is 0 Å². The Bertz CT molecular complexity index is 959. The number of alkyl halides is 2. The number of hydrogen-bond acceptors (Lipinski definition) is 2. The normalized spacial score (nSPS) is 11.9. The summed E-state index contributed by atoms with van der Waals surface area (Å²) in [5, 5.41) is 5.84. The van der Waals surface area contributed by atoms with Gasteiger partial charge in [-0.1, -0.05) is 35.9 Å². The number of halogens is 3. The number of ketones is 1. The standard InChI is InChI=1S/C19H17ClF2N2O/c1-11-5-4-6-17(20)16(11)10-24-18-9-14(19(21,22)13(3)25)7-8-15(18)12(2)23-24/h4-9H,10H2,1-3H3. The number of rotatable bonds is 4. The fourth-order valence-corrected chi connectivity index (χ4v) is 3.16. The van der Waals surface area contributed by atoms with Crippen LogP contribution in [0.1, 0.15) is 29.3 Å². The Morgan fingerprint density at radius 3 is 2.60 bits per heavy atom. The lowest BCUT2D eigenvalue weighted by atomic mass is 10.0. The minimum Gasteiger partial charge on any atom is -0.293 e. The molecule has 0 N–H and O–H groups in total. The molecule has 25 heavy (non-hydrogen) atoms. The van der Waals surface area contributed by atoms with E-state index in [1.54, 1.807) is 16.8 Å². The molecule has 6 heteroatoms. The smallest absolute Gasteiger partial charge is 0.293 e. The fourth-order valence-electron chi connectivity index (χ4n) is 2.88. The van der Waals surface area contributed by atoms with Crippen molar-refractivity contribution in [2.45, 2.75) is 33.2 Å². The van der Waals surface area contributed by atoms with E-state index in [0.717, 1.165) is 29.1 Å².